The average molecular weight is 386 g/mol. The van der Waals surface area contributed by atoms with Crippen molar-refractivity contribution >= 4 is 5.91 Å². The number of nitrogens with one attached hydrogen (secondary N) is 1. The van der Waals surface area contributed by atoms with E-state index in [0.717, 1.165) is 75.0 Å². The van der Waals surface area contributed by atoms with E-state index in [-0.39, 0.29) is 11.9 Å². The Bertz CT molecular complexity index is 720. The molecule has 0 bridgehead atoms. The van der Waals surface area contributed by atoms with E-state index in [1.165, 1.54) is 0 Å². The summed E-state index contributed by atoms with van der Waals surface area (Å²) in [4.78, 5) is 15.0. The zero-order chi connectivity index (χ0) is 20.0. The molecule has 1 aliphatic carbocycles. The Morgan fingerprint density at radius 2 is 1.96 bits per heavy atom. The number of likely N-dealkylation sites (tertiary alicyclic amines) is 1. The maximum atomic E-state index is 12.8. The molecule has 1 saturated heterocycles. The predicted octanol–water partition coefficient (Wildman–Crippen LogP) is 3.57. The summed E-state index contributed by atoms with van der Waals surface area (Å²) in [7, 11) is 3.32. The van der Waals surface area contributed by atoms with Gasteiger partial charge in [-0.05, 0) is 50.4 Å². The van der Waals surface area contributed by atoms with Gasteiger partial charge < -0.3 is 14.8 Å². The molecule has 152 valence electrons. The molecule has 1 atom stereocenters. The van der Waals surface area contributed by atoms with Gasteiger partial charge in [-0.15, -0.1) is 0 Å². The van der Waals surface area contributed by atoms with Gasteiger partial charge in [0.25, 0.3) is 0 Å². The van der Waals surface area contributed by atoms with Crippen molar-refractivity contribution in [2.24, 2.45) is 0 Å². The average Bonchev–Trinajstić information content (AvgIpc) is 3.04. The van der Waals surface area contributed by atoms with Gasteiger partial charge in [-0.2, -0.15) is 5.26 Å². The summed E-state index contributed by atoms with van der Waals surface area (Å²) < 4.78 is 10.9. The van der Waals surface area contributed by atoms with Gasteiger partial charge in [-0.3, -0.25) is 9.69 Å². The topological polar surface area (TPSA) is 74.6 Å². The molecule has 2 fully saturated rings. The third-order valence-electron chi connectivity index (χ3n) is 6.06. The first-order valence-corrected chi connectivity index (χ1v) is 10.3. The highest BCUT2D eigenvalue weighted by Crippen LogP contribution is 2.38. The Morgan fingerprint density at radius 1 is 1.21 bits per heavy atom. The second-order valence-corrected chi connectivity index (χ2v) is 7.89. The van der Waals surface area contributed by atoms with E-state index in [2.05, 4.69) is 16.3 Å². The van der Waals surface area contributed by atoms with Crippen LogP contribution in [0.5, 0.6) is 11.5 Å². The van der Waals surface area contributed by atoms with Crippen molar-refractivity contribution in [2.75, 3.05) is 27.3 Å². The van der Waals surface area contributed by atoms with Crippen LogP contribution in [0.2, 0.25) is 0 Å². The highest BCUT2D eigenvalue weighted by atomic mass is 16.5. The summed E-state index contributed by atoms with van der Waals surface area (Å²) in [5, 5.41) is 12.8. The quantitative estimate of drug-likeness (QED) is 0.758. The van der Waals surface area contributed by atoms with Crippen LogP contribution >= 0.6 is 0 Å². The summed E-state index contributed by atoms with van der Waals surface area (Å²) in [6.45, 7) is 1.16. The molecular formula is C22H31N3O3. The van der Waals surface area contributed by atoms with Gasteiger partial charge in [0.1, 0.15) is 17.0 Å². The zero-order valence-corrected chi connectivity index (χ0v) is 17.0. The maximum Gasteiger partial charge on any atom is 0.235 e. The van der Waals surface area contributed by atoms with Crippen LogP contribution in [-0.2, 0) is 4.79 Å². The Labute approximate surface area is 167 Å². The van der Waals surface area contributed by atoms with E-state index in [9.17, 15) is 10.1 Å². The van der Waals surface area contributed by atoms with E-state index in [4.69, 9.17) is 9.47 Å². The first-order chi connectivity index (χ1) is 13.6. The van der Waals surface area contributed by atoms with Crippen LogP contribution in [0, 0.1) is 11.3 Å². The van der Waals surface area contributed by atoms with E-state index in [1.54, 1.807) is 14.2 Å². The molecule has 1 saturated carbocycles. The van der Waals surface area contributed by atoms with Crippen molar-refractivity contribution in [2.45, 2.75) is 62.9 Å². The van der Waals surface area contributed by atoms with Crippen LogP contribution in [0.4, 0.5) is 0 Å². The summed E-state index contributed by atoms with van der Waals surface area (Å²) in [6.07, 6.45) is 7.79. The standard InChI is InChI=1S/C22H31N3O3/c1-27-17-9-10-20(28-2)18(14-17)19-8-7-13-25(19)15-21(26)24-22(16-23)11-5-3-4-6-12-22/h9-10,14,19H,3-8,11-13,15H2,1-2H3,(H,24,26). The molecule has 1 aromatic rings. The van der Waals surface area contributed by atoms with Crippen LogP contribution in [0.15, 0.2) is 18.2 Å². The van der Waals surface area contributed by atoms with Gasteiger partial charge in [-0.1, -0.05) is 25.7 Å². The van der Waals surface area contributed by atoms with Crippen molar-refractivity contribution in [3.05, 3.63) is 23.8 Å². The number of ether oxygens (including phenoxy) is 2. The minimum Gasteiger partial charge on any atom is -0.497 e. The predicted molar refractivity (Wildman–Crippen MR) is 107 cm³/mol. The molecule has 0 radical (unpaired) electrons. The number of benzene rings is 1. The van der Waals surface area contributed by atoms with E-state index in [1.807, 2.05) is 18.2 Å². The van der Waals surface area contributed by atoms with Gasteiger partial charge in [0.15, 0.2) is 0 Å². The summed E-state index contributed by atoms with van der Waals surface area (Å²) in [6, 6.07) is 8.32. The lowest BCUT2D eigenvalue weighted by molar-refractivity contribution is -0.124. The number of methoxy groups -OCH3 is 2. The van der Waals surface area contributed by atoms with Crippen molar-refractivity contribution in [1.82, 2.24) is 10.2 Å². The number of nitriles is 1. The fourth-order valence-corrected chi connectivity index (χ4v) is 4.56. The Hall–Kier alpha value is -2.26. The number of carbonyl (C=O) groups is 1. The van der Waals surface area contributed by atoms with Crippen LogP contribution in [0.1, 0.15) is 63.0 Å². The number of nitrogens with zero attached hydrogens (tertiary/aromatic N) is 2. The molecule has 6 nitrogen and oxygen atoms in total. The van der Waals surface area contributed by atoms with Crippen molar-refractivity contribution in [3.8, 4) is 17.6 Å². The lowest BCUT2D eigenvalue weighted by Crippen LogP contribution is -2.50. The molecule has 28 heavy (non-hydrogen) atoms. The zero-order valence-electron chi connectivity index (χ0n) is 17.0. The molecule has 1 unspecified atom stereocenters. The lowest BCUT2D eigenvalue weighted by atomic mass is 9.92. The van der Waals surface area contributed by atoms with Crippen LogP contribution in [-0.4, -0.2) is 43.7 Å². The fourth-order valence-electron chi connectivity index (χ4n) is 4.56. The smallest absolute Gasteiger partial charge is 0.235 e. The number of carbonyl (C=O) groups excluding carboxylic acids is 1. The minimum atomic E-state index is -0.698. The first kappa shape index (κ1) is 20.5. The molecular weight excluding hydrogens is 354 g/mol. The van der Waals surface area contributed by atoms with E-state index >= 15 is 0 Å². The van der Waals surface area contributed by atoms with Gasteiger partial charge in [0.2, 0.25) is 5.91 Å². The van der Waals surface area contributed by atoms with Crippen molar-refractivity contribution in [3.63, 3.8) is 0 Å². The van der Waals surface area contributed by atoms with E-state index in [0.29, 0.717) is 6.54 Å². The molecule has 0 spiro atoms. The van der Waals surface area contributed by atoms with Gasteiger partial charge in [0, 0.05) is 11.6 Å². The third-order valence-corrected chi connectivity index (χ3v) is 6.06. The molecule has 1 aliphatic heterocycles. The summed E-state index contributed by atoms with van der Waals surface area (Å²) in [5.41, 5.74) is 0.354. The maximum absolute atomic E-state index is 12.8. The third kappa shape index (κ3) is 4.59. The molecule has 2 aliphatic rings. The number of hydrogen-bond acceptors (Lipinski definition) is 5. The van der Waals surface area contributed by atoms with Gasteiger partial charge in [0.05, 0.1) is 26.8 Å². The first-order valence-electron chi connectivity index (χ1n) is 10.3. The SMILES string of the molecule is COc1ccc(OC)c(C2CCCN2CC(=O)NC2(C#N)CCCCCC2)c1. The van der Waals surface area contributed by atoms with Crippen LogP contribution in [0.3, 0.4) is 0 Å². The van der Waals surface area contributed by atoms with Crippen LogP contribution in [0.25, 0.3) is 0 Å². The van der Waals surface area contributed by atoms with Crippen LogP contribution < -0.4 is 14.8 Å². The molecule has 0 aromatic heterocycles. The van der Waals surface area contributed by atoms with E-state index < -0.39 is 5.54 Å². The normalized spacial score (nSPS) is 22.1. The minimum absolute atomic E-state index is 0.0581. The van der Waals surface area contributed by atoms with Crippen molar-refractivity contribution in [1.29, 1.82) is 5.26 Å². The van der Waals surface area contributed by atoms with Crippen molar-refractivity contribution < 1.29 is 14.3 Å². The second kappa shape index (κ2) is 9.29. The highest BCUT2D eigenvalue weighted by molar-refractivity contribution is 5.79. The molecule has 1 heterocycles. The molecule has 1 aromatic carbocycles. The molecule has 1 N–H and O–H groups in total. The molecule has 1 amide bonds. The summed E-state index contributed by atoms with van der Waals surface area (Å²) >= 11 is 0. The highest BCUT2D eigenvalue weighted by Gasteiger charge is 2.35. The fraction of sp³-hybridized carbons (Fsp3) is 0.636. The second-order valence-electron chi connectivity index (χ2n) is 7.89. The monoisotopic (exact) mass is 385 g/mol. The number of amides is 1. The van der Waals surface area contributed by atoms with Gasteiger partial charge in [-0.25, -0.2) is 0 Å². The summed E-state index contributed by atoms with van der Waals surface area (Å²) in [5.74, 6) is 1.54. The Balaban J connectivity index is 1.71. The molecule has 6 heteroatoms. The lowest BCUT2D eigenvalue weighted by Gasteiger charge is -2.30. The van der Waals surface area contributed by atoms with Gasteiger partial charge >= 0.3 is 0 Å². The largest absolute Gasteiger partial charge is 0.497 e. The number of rotatable bonds is 6. The number of hydrogen-bond donors (Lipinski definition) is 1. The molecule has 3 rings (SSSR count). The Kier molecular flexibility index (Phi) is 6.79. The Morgan fingerprint density at radius 3 is 2.61 bits per heavy atom.